The van der Waals surface area contributed by atoms with E-state index in [2.05, 4.69) is 52.0 Å². The Morgan fingerprint density at radius 1 is 1.46 bits per heavy atom. The van der Waals surface area contributed by atoms with Crippen molar-refractivity contribution in [3.8, 4) is 0 Å². The molecule has 0 saturated carbocycles. The van der Waals surface area contributed by atoms with E-state index in [0.717, 1.165) is 0 Å². The monoisotopic (exact) mass is 176 g/mol. The maximum atomic E-state index is 2.39. The van der Waals surface area contributed by atoms with Crippen LogP contribution in [0.1, 0.15) is 34.1 Å². The number of hydrogen-bond acceptors (Lipinski definition) is 0. The van der Waals surface area contributed by atoms with E-state index in [4.69, 9.17) is 0 Å². The summed E-state index contributed by atoms with van der Waals surface area (Å²) in [6.45, 7) is 8.80. The summed E-state index contributed by atoms with van der Waals surface area (Å²) >= 11 is 0. The fraction of sp³-hybridized carbons (Fsp3) is 0.538. The molecule has 13 heavy (non-hydrogen) atoms. The van der Waals surface area contributed by atoms with E-state index in [9.17, 15) is 0 Å². The lowest BCUT2D eigenvalue weighted by Crippen LogP contribution is -2.07. The van der Waals surface area contributed by atoms with E-state index >= 15 is 0 Å². The quantitative estimate of drug-likeness (QED) is 0.555. The van der Waals surface area contributed by atoms with E-state index < -0.39 is 0 Å². The first-order chi connectivity index (χ1) is 6.19. The molecule has 0 nitrogen and oxygen atoms in total. The van der Waals surface area contributed by atoms with E-state index in [0.29, 0.717) is 11.8 Å². The Kier molecular flexibility index (Phi) is 3.53. The minimum absolute atomic E-state index is 0.549. The summed E-state index contributed by atoms with van der Waals surface area (Å²) in [6.07, 6.45) is 10.5. The largest absolute Gasteiger partial charge is 0.0878 e. The number of rotatable bonds is 2. The molecule has 2 unspecified atom stereocenters. The second-order valence-corrected chi connectivity index (χ2v) is 3.87. The smallest absolute Gasteiger partial charge is 0.0157 e. The van der Waals surface area contributed by atoms with Crippen LogP contribution in [0.3, 0.4) is 0 Å². The van der Waals surface area contributed by atoms with E-state index in [1.54, 1.807) is 0 Å². The van der Waals surface area contributed by atoms with Crippen LogP contribution in [0.4, 0.5) is 0 Å². The van der Waals surface area contributed by atoms with Gasteiger partial charge in [0.25, 0.3) is 0 Å². The van der Waals surface area contributed by atoms with E-state index in [-0.39, 0.29) is 0 Å². The van der Waals surface area contributed by atoms with Crippen LogP contribution in [0.2, 0.25) is 0 Å². The zero-order chi connectivity index (χ0) is 9.84. The maximum Gasteiger partial charge on any atom is 0.0157 e. The van der Waals surface area contributed by atoms with Crippen LogP contribution in [0.15, 0.2) is 35.5 Å². The van der Waals surface area contributed by atoms with Crippen molar-refractivity contribution in [2.75, 3.05) is 0 Å². The van der Waals surface area contributed by atoms with E-state index in [1.807, 2.05) is 0 Å². The molecule has 0 amide bonds. The SMILES string of the molecule is CC=C(C)C1C=CC(CC)C(C)=C1. The Balaban J connectivity index is 2.77. The highest BCUT2D eigenvalue weighted by Gasteiger charge is 2.13. The molecule has 1 rings (SSSR count). The van der Waals surface area contributed by atoms with Gasteiger partial charge in [0, 0.05) is 5.92 Å². The Morgan fingerprint density at radius 2 is 2.15 bits per heavy atom. The van der Waals surface area contributed by atoms with Gasteiger partial charge in [0.1, 0.15) is 0 Å². The first kappa shape index (κ1) is 10.3. The molecule has 0 saturated heterocycles. The molecule has 0 N–H and O–H groups in total. The highest BCUT2D eigenvalue weighted by atomic mass is 14.2. The molecule has 0 aromatic heterocycles. The summed E-state index contributed by atoms with van der Waals surface area (Å²) in [5, 5.41) is 0. The minimum Gasteiger partial charge on any atom is -0.0878 e. The third-order valence-electron chi connectivity index (χ3n) is 3.00. The van der Waals surface area contributed by atoms with Crippen molar-refractivity contribution in [3.05, 3.63) is 35.5 Å². The number of allylic oxidation sites excluding steroid dienone is 6. The standard InChI is InChI=1S/C13H20/c1-5-10(3)13-8-7-12(6-2)11(4)9-13/h5,7-9,12-13H,6H2,1-4H3. The average Bonchev–Trinajstić information content (AvgIpc) is 2.16. The molecule has 0 fully saturated rings. The predicted molar refractivity (Wildman–Crippen MR) is 59.6 cm³/mol. The van der Waals surface area contributed by atoms with Crippen molar-refractivity contribution >= 4 is 0 Å². The molecule has 0 spiro atoms. The van der Waals surface area contributed by atoms with Crippen molar-refractivity contribution in [1.29, 1.82) is 0 Å². The summed E-state index contributed by atoms with van der Waals surface area (Å²) in [4.78, 5) is 0. The topological polar surface area (TPSA) is 0 Å². The zero-order valence-corrected chi connectivity index (χ0v) is 9.17. The van der Waals surface area contributed by atoms with Gasteiger partial charge in [0.2, 0.25) is 0 Å². The highest BCUT2D eigenvalue weighted by molar-refractivity contribution is 5.28. The van der Waals surface area contributed by atoms with Gasteiger partial charge in [-0.25, -0.2) is 0 Å². The van der Waals surface area contributed by atoms with E-state index in [1.165, 1.54) is 17.6 Å². The Hall–Kier alpha value is -0.780. The third kappa shape index (κ3) is 2.33. The maximum absolute atomic E-state index is 2.39. The van der Waals surface area contributed by atoms with Gasteiger partial charge < -0.3 is 0 Å². The van der Waals surface area contributed by atoms with Gasteiger partial charge in [0.05, 0.1) is 0 Å². The van der Waals surface area contributed by atoms with Crippen LogP contribution in [-0.2, 0) is 0 Å². The van der Waals surface area contributed by atoms with Gasteiger partial charge in [-0.05, 0) is 33.1 Å². The Bertz CT molecular complexity index is 253. The predicted octanol–water partition coefficient (Wildman–Crippen LogP) is 4.11. The fourth-order valence-electron chi connectivity index (χ4n) is 1.80. The first-order valence-corrected chi connectivity index (χ1v) is 5.18. The van der Waals surface area contributed by atoms with Gasteiger partial charge in [-0.15, -0.1) is 0 Å². The molecule has 2 atom stereocenters. The first-order valence-electron chi connectivity index (χ1n) is 5.18. The Labute approximate surface area is 82.0 Å². The lowest BCUT2D eigenvalue weighted by Gasteiger charge is -2.21. The summed E-state index contributed by atoms with van der Waals surface area (Å²) in [6, 6.07) is 0. The second-order valence-electron chi connectivity index (χ2n) is 3.87. The molecular weight excluding hydrogens is 156 g/mol. The van der Waals surface area contributed by atoms with Crippen LogP contribution < -0.4 is 0 Å². The fourth-order valence-corrected chi connectivity index (χ4v) is 1.80. The molecule has 0 heteroatoms. The highest BCUT2D eigenvalue weighted by Crippen LogP contribution is 2.27. The van der Waals surface area contributed by atoms with Gasteiger partial charge in [-0.1, -0.05) is 42.4 Å². The van der Waals surface area contributed by atoms with Crippen molar-refractivity contribution in [3.63, 3.8) is 0 Å². The molecule has 0 aromatic carbocycles. The van der Waals surface area contributed by atoms with Gasteiger partial charge in [0.15, 0.2) is 0 Å². The summed E-state index contributed by atoms with van der Waals surface area (Å²) in [5.74, 6) is 1.23. The summed E-state index contributed by atoms with van der Waals surface area (Å²) in [7, 11) is 0. The van der Waals surface area contributed by atoms with Crippen molar-refractivity contribution in [2.45, 2.75) is 34.1 Å². The van der Waals surface area contributed by atoms with Crippen LogP contribution in [0.5, 0.6) is 0 Å². The van der Waals surface area contributed by atoms with Gasteiger partial charge in [-0.3, -0.25) is 0 Å². The minimum atomic E-state index is 0.549. The average molecular weight is 176 g/mol. The summed E-state index contributed by atoms with van der Waals surface area (Å²) < 4.78 is 0. The molecule has 0 aliphatic heterocycles. The molecule has 0 radical (unpaired) electrons. The molecule has 72 valence electrons. The summed E-state index contributed by atoms with van der Waals surface area (Å²) in [5.41, 5.74) is 2.97. The van der Waals surface area contributed by atoms with Crippen LogP contribution in [-0.4, -0.2) is 0 Å². The molecule has 1 aliphatic rings. The lowest BCUT2D eigenvalue weighted by atomic mass is 9.85. The normalized spacial score (nSPS) is 28.9. The molecular formula is C13H20. The van der Waals surface area contributed by atoms with Crippen molar-refractivity contribution < 1.29 is 0 Å². The van der Waals surface area contributed by atoms with Crippen molar-refractivity contribution in [2.24, 2.45) is 11.8 Å². The second kappa shape index (κ2) is 4.45. The van der Waals surface area contributed by atoms with Crippen LogP contribution in [0, 0.1) is 11.8 Å². The van der Waals surface area contributed by atoms with Gasteiger partial charge >= 0.3 is 0 Å². The Morgan fingerprint density at radius 3 is 2.62 bits per heavy atom. The molecule has 0 heterocycles. The lowest BCUT2D eigenvalue weighted by molar-refractivity contribution is 0.692. The molecule has 0 bridgehead atoms. The third-order valence-corrected chi connectivity index (χ3v) is 3.00. The molecule has 1 aliphatic carbocycles. The van der Waals surface area contributed by atoms with Crippen LogP contribution >= 0.6 is 0 Å². The van der Waals surface area contributed by atoms with Gasteiger partial charge in [-0.2, -0.15) is 0 Å². The number of hydrogen-bond donors (Lipinski definition) is 0. The molecule has 0 aromatic rings. The zero-order valence-electron chi connectivity index (χ0n) is 9.17. The van der Waals surface area contributed by atoms with Crippen molar-refractivity contribution in [1.82, 2.24) is 0 Å². The van der Waals surface area contributed by atoms with Crippen LogP contribution in [0.25, 0.3) is 0 Å².